The van der Waals surface area contributed by atoms with Crippen molar-refractivity contribution < 1.29 is 14.9 Å². The summed E-state index contributed by atoms with van der Waals surface area (Å²) in [5.74, 6) is 1.20. The monoisotopic (exact) mass is 259 g/mol. The van der Waals surface area contributed by atoms with Crippen LogP contribution in [0.15, 0.2) is 0 Å². The van der Waals surface area contributed by atoms with Crippen LogP contribution in [0.2, 0.25) is 0 Å². The quantitative estimate of drug-likeness (QED) is 0.487. The molecule has 0 spiro atoms. The van der Waals surface area contributed by atoms with E-state index >= 15 is 0 Å². The molecule has 0 aromatic carbocycles. The van der Waals surface area contributed by atoms with Gasteiger partial charge in [0.15, 0.2) is 0 Å². The van der Waals surface area contributed by atoms with E-state index in [-0.39, 0.29) is 6.10 Å². The van der Waals surface area contributed by atoms with Crippen molar-refractivity contribution in [3.63, 3.8) is 0 Å². The lowest BCUT2D eigenvalue weighted by Crippen LogP contribution is -2.36. The Morgan fingerprint density at radius 3 is 2.56 bits per heavy atom. The maximum Gasteiger partial charge on any atom is 0.0897 e. The molecule has 0 aromatic heterocycles. The van der Waals surface area contributed by atoms with Gasteiger partial charge >= 0.3 is 0 Å². The molecule has 0 aromatic rings. The zero-order valence-corrected chi connectivity index (χ0v) is 11.8. The Morgan fingerprint density at radius 1 is 1.22 bits per heavy atom. The number of aliphatic hydroxyl groups is 2. The zero-order chi connectivity index (χ0) is 13.4. The molecule has 1 saturated carbocycles. The molecule has 1 fully saturated rings. The lowest BCUT2D eigenvalue weighted by atomic mass is 10.1. The minimum absolute atomic E-state index is 0.246. The van der Waals surface area contributed by atoms with E-state index in [9.17, 15) is 10.2 Å². The predicted octanol–water partition coefficient (Wildman–Crippen LogP) is 1.16. The van der Waals surface area contributed by atoms with Crippen LogP contribution in [0.25, 0.3) is 0 Å². The third kappa shape index (κ3) is 8.03. The molecular weight excluding hydrogens is 230 g/mol. The van der Waals surface area contributed by atoms with Gasteiger partial charge in [-0.1, -0.05) is 13.8 Å². The van der Waals surface area contributed by atoms with Gasteiger partial charge in [0, 0.05) is 19.7 Å². The Balaban J connectivity index is 1.85. The number of hydrogen-bond acceptors (Lipinski definition) is 4. The van der Waals surface area contributed by atoms with E-state index in [4.69, 9.17) is 4.74 Å². The summed E-state index contributed by atoms with van der Waals surface area (Å²) in [7, 11) is 0. The van der Waals surface area contributed by atoms with Crippen molar-refractivity contribution in [2.75, 3.05) is 26.3 Å². The van der Waals surface area contributed by atoms with E-state index in [1.165, 1.54) is 6.42 Å². The van der Waals surface area contributed by atoms with E-state index in [0.29, 0.717) is 31.5 Å². The van der Waals surface area contributed by atoms with E-state index in [1.807, 2.05) is 0 Å². The number of ether oxygens (including phenoxy) is 1. The molecule has 2 unspecified atom stereocenters. The van der Waals surface area contributed by atoms with Crippen molar-refractivity contribution in [1.29, 1.82) is 0 Å². The van der Waals surface area contributed by atoms with Crippen LogP contribution in [-0.4, -0.2) is 48.7 Å². The first-order chi connectivity index (χ1) is 8.59. The summed E-state index contributed by atoms with van der Waals surface area (Å²) in [6.45, 7) is 6.57. The molecule has 2 atom stereocenters. The summed E-state index contributed by atoms with van der Waals surface area (Å²) in [5.41, 5.74) is 0. The van der Waals surface area contributed by atoms with Gasteiger partial charge in [0.1, 0.15) is 0 Å². The molecule has 0 radical (unpaired) electrons. The molecule has 0 saturated heterocycles. The Morgan fingerprint density at radius 2 is 1.94 bits per heavy atom. The topological polar surface area (TPSA) is 61.7 Å². The molecule has 108 valence electrons. The first-order valence-electron chi connectivity index (χ1n) is 7.24. The van der Waals surface area contributed by atoms with Gasteiger partial charge in [-0.15, -0.1) is 0 Å². The van der Waals surface area contributed by atoms with Crippen molar-refractivity contribution in [2.45, 2.75) is 51.7 Å². The minimum atomic E-state index is -0.476. The van der Waals surface area contributed by atoms with Crippen molar-refractivity contribution in [2.24, 2.45) is 11.8 Å². The van der Waals surface area contributed by atoms with Gasteiger partial charge in [-0.25, -0.2) is 0 Å². The standard InChI is InChI=1S/C14H29NO3/c1-11(2)4-3-7-18-10-13(16)8-15-9-14(17)12-5-6-12/h11-17H,3-10H2,1-2H3. The third-order valence-electron chi connectivity index (χ3n) is 3.28. The highest BCUT2D eigenvalue weighted by molar-refractivity contribution is 4.82. The smallest absolute Gasteiger partial charge is 0.0897 e. The molecule has 1 aliphatic carbocycles. The van der Waals surface area contributed by atoms with Crippen molar-refractivity contribution in [3.8, 4) is 0 Å². The second-order valence-electron chi connectivity index (χ2n) is 5.83. The minimum Gasteiger partial charge on any atom is -0.392 e. The second kappa shape index (κ2) is 8.86. The highest BCUT2D eigenvalue weighted by Crippen LogP contribution is 2.32. The summed E-state index contributed by atoms with van der Waals surface area (Å²) in [4.78, 5) is 0. The van der Waals surface area contributed by atoms with E-state index in [1.54, 1.807) is 0 Å². The Kier molecular flexibility index (Phi) is 7.82. The van der Waals surface area contributed by atoms with Crippen LogP contribution < -0.4 is 5.32 Å². The molecule has 3 N–H and O–H groups in total. The lowest BCUT2D eigenvalue weighted by molar-refractivity contribution is 0.0327. The van der Waals surface area contributed by atoms with Crippen molar-refractivity contribution in [1.82, 2.24) is 5.32 Å². The largest absolute Gasteiger partial charge is 0.392 e. The Labute approximate surface area is 111 Å². The number of aliphatic hydroxyl groups excluding tert-OH is 2. The lowest BCUT2D eigenvalue weighted by Gasteiger charge is -2.15. The summed E-state index contributed by atoms with van der Waals surface area (Å²) in [5, 5.41) is 22.4. The molecule has 4 nitrogen and oxygen atoms in total. The van der Waals surface area contributed by atoms with Gasteiger partial charge < -0.3 is 20.3 Å². The number of nitrogens with one attached hydrogen (secondary N) is 1. The fraction of sp³-hybridized carbons (Fsp3) is 1.00. The molecule has 1 rings (SSSR count). The molecule has 0 heterocycles. The first-order valence-corrected chi connectivity index (χ1v) is 7.24. The van der Waals surface area contributed by atoms with Gasteiger partial charge in [-0.3, -0.25) is 0 Å². The van der Waals surface area contributed by atoms with Gasteiger partial charge in [-0.05, 0) is 37.5 Å². The molecule has 18 heavy (non-hydrogen) atoms. The molecule has 0 bridgehead atoms. The second-order valence-corrected chi connectivity index (χ2v) is 5.83. The average molecular weight is 259 g/mol. The van der Waals surface area contributed by atoms with Gasteiger partial charge in [0.05, 0.1) is 18.8 Å². The number of hydrogen-bond donors (Lipinski definition) is 3. The summed E-state index contributed by atoms with van der Waals surface area (Å²) >= 11 is 0. The summed E-state index contributed by atoms with van der Waals surface area (Å²) < 4.78 is 5.41. The molecule has 1 aliphatic rings. The maximum atomic E-state index is 9.66. The Hall–Kier alpha value is -0.160. The molecule has 0 aliphatic heterocycles. The zero-order valence-electron chi connectivity index (χ0n) is 11.8. The molecule has 0 amide bonds. The third-order valence-corrected chi connectivity index (χ3v) is 3.28. The van der Waals surface area contributed by atoms with Crippen LogP contribution in [0.4, 0.5) is 0 Å². The van der Waals surface area contributed by atoms with Crippen LogP contribution >= 0.6 is 0 Å². The van der Waals surface area contributed by atoms with Crippen LogP contribution in [-0.2, 0) is 4.74 Å². The van der Waals surface area contributed by atoms with E-state index in [2.05, 4.69) is 19.2 Å². The molecule has 4 heteroatoms. The molecular formula is C14H29NO3. The van der Waals surface area contributed by atoms with E-state index < -0.39 is 6.10 Å². The van der Waals surface area contributed by atoms with Gasteiger partial charge in [-0.2, -0.15) is 0 Å². The maximum absolute atomic E-state index is 9.66. The fourth-order valence-corrected chi connectivity index (χ4v) is 1.92. The Bertz CT molecular complexity index is 207. The fourth-order valence-electron chi connectivity index (χ4n) is 1.92. The van der Waals surface area contributed by atoms with Crippen molar-refractivity contribution in [3.05, 3.63) is 0 Å². The van der Waals surface area contributed by atoms with E-state index in [0.717, 1.165) is 25.9 Å². The first kappa shape index (κ1) is 15.9. The number of rotatable bonds is 11. The average Bonchev–Trinajstić information content (AvgIpc) is 3.11. The predicted molar refractivity (Wildman–Crippen MR) is 72.5 cm³/mol. The van der Waals surface area contributed by atoms with Crippen molar-refractivity contribution >= 4 is 0 Å². The van der Waals surface area contributed by atoms with Gasteiger partial charge in [0.2, 0.25) is 0 Å². The highest BCUT2D eigenvalue weighted by atomic mass is 16.5. The highest BCUT2D eigenvalue weighted by Gasteiger charge is 2.29. The van der Waals surface area contributed by atoms with Crippen LogP contribution in [0.5, 0.6) is 0 Å². The summed E-state index contributed by atoms with van der Waals surface area (Å²) in [6, 6.07) is 0. The summed E-state index contributed by atoms with van der Waals surface area (Å²) in [6.07, 6.45) is 3.79. The van der Waals surface area contributed by atoms with Crippen LogP contribution in [0.3, 0.4) is 0 Å². The van der Waals surface area contributed by atoms with Crippen LogP contribution in [0.1, 0.15) is 39.5 Å². The SMILES string of the molecule is CC(C)CCCOCC(O)CNCC(O)C1CC1. The van der Waals surface area contributed by atoms with Gasteiger partial charge in [0.25, 0.3) is 0 Å². The van der Waals surface area contributed by atoms with Crippen LogP contribution in [0, 0.1) is 11.8 Å². The normalized spacial score (nSPS) is 19.2.